The molecule has 1 aliphatic heterocycles. The van der Waals surface area contributed by atoms with Gasteiger partial charge in [-0.3, -0.25) is 4.79 Å². The fourth-order valence-electron chi connectivity index (χ4n) is 3.26. The summed E-state index contributed by atoms with van der Waals surface area (Å²) in [5.41, 5.74) is 1.67. The number of likely N-dealkylation sites (N-methyl/N-ethyl adjacent to an activating group) is 1. The lowest BCUT2D eigenvalue weighted by Gasteiger charge is -2.37. The first kappa shape index (κ1) is 17.2. The second-order valence-corrected chi connectivity index (χ2v) is 6.25. The van der Waals surface area contributed by atoms with Crippen LogP contribution in [0.1, 0.15) is 23.6 Å². The molecule has 0 bridgehead atoms. The van der Waals surface area contributed by atoms with Crippen LogP contribution < -0.4 is 4.74 Å². The molecule has 0 aliphatic carbocycles. The summed E-state index contributed by atoms with van der Waals surface area (Å²) in [7, 11) is 3.35. The molecule has 0 N–H and O–H groups in total. The quantitative estimate of drug-likeness (QED) is 0.707. The molecule has 4 rings (SSSR count). The average Bonchev–Trinajstić information content (AvgIpc) is 3.20. The normalized spacial score (nSPS) is 19.9. The van der Waals surface area contributed by atoms with Crippen LogP contribution in [0.3, 0.4) is 0 Å². The fraction of sp³-hybridized carbons (Fsp3) is 0.250. The Labute approximate surface area is 156 Å². The molecule has 1 amide bonds. The predicted molar refractivity (Wildman–Crippen MR) is 96.9 cm³/mol. The van der Waals surface area contributed by atoms with Gasteiger partial charge in [0.15, 0.2) is 6.10 Å². The number of carbonyl (C=O) groups excluding carboxylic acids is 1. The highest BCUT2D eigenvalue weighted by Crippen LogP contribution is 2.39. The van der Waals surface area contributed by atoms with E-state index < -0.39 is 6.10 Å². The summed E-state index contributed by atoms with van der Waals surface area (Å²) in [5, 5.41) is 4.09. The summed E-state index contributed by atoms with van der Waals surface area (Å²) in [6.07, 6.45) is -0.550. The molecule has 1 aliphatic rings. The van der Waals surface area contributed by atoms with Crippen molar-refractivity contribution in [2.24, 2.45) is 0 Å². The minimum Gasteiger partial charge on any atom is -0.496 e. The fourth-order valence-corrected chi connectivity index (χ4v) is 3.26. The molecule has 0 radical (unpaired) electrons. The molecular weight excluding hydrogens is 346 g/mol. The van der Waals surface area contributed by atoms with E-state index in [1.54, 1.807) is 19.1 Å². The Morgan fingerprint density at radius 1 is 1.11 bits per heavy atom. The van der Waals surface area contributed by atoms with Crippen molar-refractivity contribution < 1.29 is 18.8 Å². The third-order valence-electron chi connectivity index (χ3n) is 4.66. The molecule has 0 unspecified atom stereocenters. The Hall–Kier alpha value is -3.19. The maximum Gasteiger partial charge on any atom is 0.258 e. The largest absolute Gasteiger partial charge is 0.496 e. The Balaban J connectivity index is 1.71. The van der Waals surface area contributed by atoms with Crippen molar-refractivity contribution >= 4 is 5.91 Å². The maximum absolute atomic E-state index is 12.2. The molecule has 2 aromatic carbocycles. The topological polar surface area (TPSA) is 77.7 Å². The number of ether oxygens (including phenoxy) is 2. The van der Waals surface area contributed by atoms with Gasteiger partial charge in [0, 0.05) is 7.05 Å². The minimum absolute atomic E-state index is 0.0309. The number of rotatable bonds is 4. The van der Waals surface area contributed by atoms with Crippen LogP contribution in [0.15, 0.2) is 59.1 Å². The van der Waals surface area contributed by atoms with E-state index in [9.17, 15) is 4.79 Å². The highest BCUT2D eigenvalue weighted by molar-refractivity contribution is 5.78. The lowest BCUT2D eigenvalue weighted by Crippen LogP contribution is -2.43. The molecule has 3 aromatic rings. The van der Waals surface area contributed by atoms with Gasteiger partial charge in [0.25, 0.3) is 5.89 Å². The van der Waals surface area contributed by atoms with Gasteiger partial charge >= 0.3 is 0 Å². The van der Waals surface area contributed by atoms with Crippen molar-refractivity contribution in [2.75, 3.05) is 20.8 Å². The first-order chi connectivity index (χ1) is 13.2. The highest BCUT2D eigenvalue weighted by Gasteiger charge is 2.40. The van der Waals surface area contributed by atoms with Gasteiger partial charge in [-0.2, -0.15) is 4.98 Å². The van der Waals surface area contributed by atoms with Crippen LogP contribution in [0.4, 0.5) is 0 Å². The molecule has 1 fully saturated rings. The number of para-hydroxylation sites is 1. The van der Waals surface area contributed by atoms with Crippen LogP contribution in [0.2, 0.25) is 0 Å². The Bertz CT molecular complexity index is 941. The maximum atomic E-state index is 12.2. The molecule has 0 saturated carbocycles. The molecule has 0 spiro atoms. The molecule has 2 heterocycles. The zero-order chi connectivity index (χ0) is 18.8. The number of carbonyl (C=O) groups is 1. The van der Waals surface area contributed by atoms with Crippen molar-refractivity contribution in [3.63, 3.8) is 0 Å². The van der Waals surface area contributed by atoms with E-state index in [2.05, 4.69) is 10.1 Å². The third kappa shape index (κ3) is 3.17. The zero-order valence-corrected chi connectivity index (χ0v) is 15.0. The lowest BCUT2D eigenvalue weighted by atomic mass is 9.98. The van der Waals surface area contributed by atoms with E-state index in [-0.39, 0.29) is 18.6 Å². The summed E-state index contributed by atoms with van der Waals surface area (Å²) < 4.78 is 16.7. The minimum atomic E-state index is -0.550. The van der Waals surface area contributed by atoms with Crippen molar-refractivity contribution in [1.82, 2.24) is 15.0 Å². The predicted octanol–water partition coefficient (Wildman–Crippen LogP) is 3.02. The van der Waals surface area contributed by atoms with E-state index in [0.29, 0.717) is 17.5 Å². The van der Waals surface area contributed by atoms with Gasteiger partial charge in [0.2, 0.25) is 11.7 Å². The first-order valence-electron chi connectivity index (χ1n) is 8.58. The van der Waals surface area contributed by atoms with E-state index >= 15 is 0 Å². The SMILES string of the molecule is COc1ccccc1-c1noc([C@@H]2OCC(=O)N(C)[C@@H]2c2ccccc2)n1. The third-order valence-corrected chi connectivity index (χ3v) is 4.66. The summed E-state index contributed by atoms with van der Waals surface area (Å²) >= 11 is 0. The Kier molecular flexibility index (Phi) is 4.60. The first-order valence-corrected chi connectivity index (χ1v) is 8.58. The Morgan fingerprint density at radius 2 is 1.85 bits per heavy atom. The van der Waals surface area contributed by atoms with Crippen LogP contribution in [-0.4, -0.2) is 41.7 Å². The second kappa shape index (κ2) is 7.20. The van der Waals surface area contributed by atoms with Crippen LogP contribution >= 0.6 is 0 Å². The standard InChI is InChI=1S/C20H19N3O4/c1-23-16(24)12-26-18(17(23)13-8-4-3-5-9-13)20-21-19(22-27-20)14-10-6-7-11-15(14)25-2/h3-11,17-18H,12H2,1-2H3/t17-,18-/m1/s1. The lowest BCUT2D eigenvalue weighted by molar-refractivity contribution is -0.157. The highest BCUT2D eigenvalue weighted by atomic mass is 16.5. The Morgan fingerprint density at radius 3 is 2.63 bits per heavy atom. The molecule has 1 aromatic heterocycles. The summed E-state index contributed by atoms with van der Waals surface area (Å²) in [4.78, 5) is 18.4. The number of methoxy groups -OCH3 is 1. The van der Waals surface area contributed by atoms with Gasteiger partial charge in [0.1, 0.15) is 12.4 Å². The van der Waals surface area contributed by atoms with Gasteiger partial charge in [-0.15, -0.1) is 0 Å². The van der Waals surface area contributed by atoms with Crippen LogP contribution in [-0.2, 0) is 9.53 Å². The number of benzene rings is 2. The van der Waals surface area contributed by atoms with Gasteiger partial charge in [-0.05, 0) is 17.7 Å². The van der Waals surface area contributed by atoms with Crippen molar-refractivity contribution in [1.29, 1.82) is 0 Å². The molecule has 27 heavy (non-hydrogen) atoms. The van der Waals surface area contributed by atoms with E-state index in [1.807, 2.05) is 54.6 Å². The van der Waals surface area contributed by atoms with Gasteiger partial charge in [-0.25, -0.2) is 0 Å². The molecule has 7 nitrogen and oxygen atoms in total. The number of amides is 1. The van der Waals surface area contributed by atoms with Crippen molar-refractivity contribution in [3.8, 4) is 17.1 Å². The summed E-state index contributed by atoms with van der Waals surface area (Å²) in [6, 6.07) is 16.8. The zero-order valence-electron chi connectivity index (χ0n) is 15.0. The van der Waals surface area contributed by atoms with E-state index in [0.717, 1.165) is 11.1 Å². The second-order valence-electron chi connectivity index (χ2n) is 6.25. The van der Waals surface area contributed by atoms with Crippen LogP contribution in [0.5, 0.6) is 5.75 Å². The number of nitrogens with zero attached hydrogens (tertiary/aromatic N) is 3. The van der Waals surface area contributed by atoms with Gasteiger partial charge in [0.05, 0.1) is 18.7 Å². The number of morpholine rings is 1. The van der Waals surface area contributed by atoms with E-state index in [1.165, 1.54) is 0 Å². The molecule has 2 atom stereocenters. The summed E-state index contributed by atoms with van der Waals surface area (Å²) in [5.74, 6) is 1.30. The monoisotopic (exact) mass is 365 g/mol. The van der Waals surface area contributed by atoms with Crippen LogP contribution in [0.25, 0.3) is 11.4 Å². The molecule has 7 heteroatoms. The molecular formula is C20H19N3O4. The van der Waals surface area contributed by atoms with Gasteiger partial charge < -0.3 is 18.9 Å². The summed E-state index contributed by atoms with van der Waals surface area (Å²) in [6.45, 7) is -0.0309. The molecule has 1 saturated heterocycles. The van der Waals surface area contributed by atoms with Crippen LogP contribution in [0, 0.1) is 0 Å². The van der Waals surface area contributed by atoms with Gasteiger partial charge in [-0.1, -0.05) is 47.6 Å². The average molecular weight is 365 g/mol. The number of hydrogen-bond acceptors (Lipinski definition) is 6. The van der Waals surface area contributed by atoms with Crippen molar-refractivity contribution in [2.45, 2.75) is 12.1 Å². The number of aromatic nitrogens is 2. The van der Waals surface area contributed by atoms with E-state index in [4.69, 9.17) is 14.0 Å². The molecule has 138 valence electrons. The number of hydrogen-bond donors (Lipinski definition) is 0. The smallest absolute Gasteiger partial charge is 0.258 e. The van der Waals surface area contributed by atoms with Crippen molar-refractivity contribution in [3.05, 3.63) is 66.1 Å².